The van der Waals surface area contributed by atoms with Crippen molar-refractivity contribution in [3.8, 4) is 12.8 Å². The zero-order valence-corrected chi connectivity index (χ0v) is 28.9. The molecule has 1 aromatic rings. The van der Waals surface area contributed by atoms with E-state index in [0.29, 0.717) is 12.0 Å². The summed E-state index contributed by atoms with van der Waals surface area (Å²) in [5.74, 6) is 0.624. The molecule has 3 aliphatic rings. The van der Waals surface area contributed by atoms with E-state index in [1.54, 1.807) is 0 Å². The Morgan fingerprint density at radius 1 is 0.884 bits per heavy atom. The second-order valence-corrected chi connectivity index (χ2v) is 11.6. The van der Waals surface area contributed by atoms with Crippen molar-refractivity contribution < 1.29 is 0 Å². The summed E-state index contributed by atoms with van der Waals surface area (Å²) in [5, 5.41) is 0. The number of benzene rings is 1. The van der Waals surface area contributed by atoms with E-state index in [9.17, 15) is 0 Å². The molecule has 240 valence electrons. The number of terminal acetylenes is 1. The summed E-state index contributed by atoms with van der Waals surface area (Å²) in [6.45, 7) is 29.4. The minimum atomic E-state index is 0.436. The van der Waals surface area contributed by atoms with Crippen molar-refractivity contribution in [3.05, 3.63) is 66.3 Å². The molecule has 2 heterocycles. The lowest BCUT2D eigenvalue weighted by atomic mass is 9.81. The van der Waals surface area contributed by atoms with Crippen LogP contribution in [0.2, 0.25) is 0 Å². The molecule has 2 aliphatic heterocycles. The Labute approximate surface area is 267 Å². The lowest BCUT2D eigenvalue weighted by molar-refractivity contribution is 0.170. The predicted octanol–water partition coefficient (Wildman–Crippen LogP) is 10.1. The van der Waals surface area contributed by atoms with E-state index in [2.05, 4.69) is 91.0 Å². The van der Waals surface area contributed by atoms with Crippen LogP contribution in [0.5, 0.6) is 0 Å². The van der Waals surface area contributed by atoms with Gasteiger partial charge in [0.15, 0.2) is 0 Å². The van der Waals surface area contributed by atoms with Crippen molar-refractivity contribution in [2.75, 3.05) is 50.7 Å². The fraction of sp³-hybridized carbons (Fsp3) is 0.600. The van der Waals surface area contributed by atoms with Crippen LogP contribution in [-0.2, 0) is 0 Å². The van der Waals surface area contributed by atoms with E-state index >= 15 is 0 Å². The van der Waals surface area contributed by atoms with Gasteiger partial charge >= 0.3 is 0 Å². The van der Waals surface area contributed by atoms with Crippen molar-refractivity contribution in [1.29, 1.82) is 0 Å². The van der Waals surface area contributed by atoms with Gasteiger partial charge in [-0.3, -0.25) is 4.90 Å². The molecule has 3 heteroatoms. The Bertz CT molecular complexity index is 988. The topological polar surface area (TPSA) is 9.72 Å². The maximum absolute atomic E-state index is 4.68. The van der Waals surface area contributed by atoms with Crippen LogP contribution in [0.4, 0.5) is 5.69 Å². The van der Waals surface area contributed by atoms with Crippen LogP contribution in [0.3, 0.4) is 0 Å². The molecule has 0 spiro atoms. The fourth-order valence-electron chi connectivity index (χ4n) is 6.49. The Morgan fingerprint density at radius 2 is 1.53 bits per heavy atom. The molecule has 0 radical (unpaired) electrons. The van der Waals surface area contributed by atoms with Gasteiger partial charge in [0.05, 0.1) is 0 Å². The molecule has 1 saturated carbocycles. The molecule has 1 atom stereocenters. The van der Waals surface area contributed by atoms with E-state index < -0.39 is 0 Å². The molecule has 1 unspecified atom stereocenters. The summed E-state index contributed by atoms with van der Waals surface area (Å²) < 4.78 is 0. The smallest absolute Gasteiger partial charge is 0.0449 e. The van der Waals surface area contributed by atoms with E-state index in [1.807, 2.05) is 33.8 Å². The van der Waals surface area contributed by atoms with Gasteiger partial charge in [-0.2, -0.15) is 0 Å². The number of allylic oxidation sites excluding steroid dienone is 3. The summed E-state index contributed by atoms with van der Waals surface area (Å²) in [6, 6.07) is 7.36. The Kier molecular flexibility index (Phi) is 20.5. The normalized spacial score (nSPS) is 22.4. The highest BCUT2D eigenvalue weighted by atomic mass is 15.2. The molecule has 3 nitrogen and oxygen atoms in total. The third-order valence-corrected chi connectivity index (χ3v) is 8.88. The maximum atomic E-state index is 4.68. The van der Waals surface area contributed by atoms with Crippen LogP contribution in [-0.4, -0.2) is 61.7 Å². The van der Waals surface area contributed by atoms with Crippen molar-refractivity contribution >= 4 is 17.3 Å². The van der Waals surface area contributed by atoms with Gasteiger partial charge in [0.2, 0.25) is 0 Å². The van der Waals surface area contributed by atoms with Crippen LogP contribution in [0, 0.1) is 18.8 Å². The zero-order chi connectivity index (χ0) is 32.0. The third kappa shape index (κ3) is 12.9. The lowest BCUT2D eigenvalue weighted by Crippen LogP contribution is -2.44. The largest absolute Gasteiger partial charge is 0.369 e. The highest BCUT2D eigenvalue weighted by molar-refractivity contribution is 5.79. The van der Waals surface area contributed by atoms with Crippen LogP contribution >= 0.6 is 0 Å². The second kappa shape index (κ2) is 22.9. The molecule has 2 fully saturated rings. The molecule has 0 amide bonds. The Balaban J connectivity index is 0.00000145. The maximum Gasteiger partial charge on any atom is 0.0449 e. The zero-order valence-electron chi connectivity index (χ0n) is 28.9. The summed E-state index contributed by atoms with van der Waals surface area (Å²) in [7, 11) is 0. The van der Waals surface area contributed by atoms with Gasteiger partial charge in [-0.1, -0.05) is 109 Å². The van der Waals surface area contributed by atoms with Gasteiger partial charge in [-0.25, -0.2) is 0 Å². The van der Waals surface area contributed by atoms with Gasteiger partial charge in [0.1, 0.15) is 0 Å². The van der Waals surface area contributed by atoms with E-state index in [1.165, 1.54) is 99.0 Å². The number of hydrogen-bond donors (Lipinski definition) is 0. The van der Waals surface area contributed by atoms with Crippen molar-refractivity contribution in [3.63, 3.8) is 0 Å². The fourth-order valence-corrected chi connectivity index (χ4v) is 6.49. The van der Waals surface area contributed by atoms with Crippen LogP contribution < -0.4 is 4.90 Å². The van der Waals surface area contributed by atoms with Crippen molar-refractivity contribution in [2.24, 2.45) is 5.92 Å². The Morgan fingerprint density at radius 3 is 2.19 bits per heavy atom. The summed E-state index contributed by atoms with van der Waals surface area (Å²) in [5.41, 5.74) is 6.65. The highest BCUT2D eigenvalue weighted by Gasteiger charge is 2.23. The minimum absolute atomic E-state index is 0.436. The quantitative estimate of drug-likeness (QED) is 0.294. The molecule has 1 aromatic carbocycles. The predicted molar refractivity (Wildman–Crippen MR) is 196 cm³/mol. The molecule has 0 bridgehead atoms. The first kappa shape index (κ1) is 38.5. The summed E-state index contributed by atoms with van der Waals surface area (Å²) in [4.78, 5) is 8.02. The first-order valence-electron chi connectivity index (χ1n) is 17.4. The van der Waals surface area contributed by atoms with Gasteiger partial charge in [0, 0.05) is 50.0 Å². The average Bonchev–Trinajstić information content (AvgIpc) is 3.11. The third-order valence-electron chi connectivity index (χ3n) is 8.88. The standard InChI is InChI=1S/C34H51N3.2C2H6.C2H2/c1-5-31-17-18-33(30(4)32-15-8-6-9-16-32)34(27-31)37-21-13-10-14-28(2)26-29(3)36(24-25-37)23-22-35-19-11-7-12-20-35;3*1-2/h5,10,14,17-18,26-27,29,32H,1,4,6-9,11-13,15-16,19-25H2,2-3H3;2*1-2H3;1-2H/b14-10-,28-26-;;;. The van der Waals surface area contributed by atoms with Crippen molar-refractivity contribution in [1.82, 2.24) is 9.80 Å². The summed E-state index contributed by atoms with van der Waals surface area (Å²) >= 11 is 0. The summed E-state index contributed by atoms with van der Waals surface area (Å²) in [6.07, 6.45) is 29.0. The molecule has 0 aromatic heterocycles. The number of hydrogen-bond acceptors (Lipinski definition) is 3. The number of piperidine rings is 1. The Hall–Kier alpha value is -2.54. The van der Waals surface area contributed by atoms with E-state index in [4.69, 9.17) is 0 Å². The molecule has 43 heavy (non-hydrogen) atoms. The number of rotatable bonds is 7. The first-order chi connectivity index (χ1) is 21.0. The van der Waals surface area contributed by atoms with Gasteiger partial charge < -0.3 is 9.80 Å². The first-order valence-corrected chi connectivity index (χ1v) is 17.4. The number of anilines is 1. The number of nitrogens with zero attached hydrogens (tertiary/aromatic N) is 3. The lowest BCUT2D eigenvalue weighted by Gasteiger charge is -2.35. The SMILES string of the molecule is C#C.C=Cc1ccc(C(=C)C2CCCCC2)c(N2CC/C=C\C(C)=C/C(C)N(CCN3CCCCC3)CC2)c1.CC.CC. The number of likely N-dealkylation sites (tertiary alicyclic amines) is 1. The molecule has 1 aliphatic carbocycles. The highest BCUT2D eigenvalue weighted by Crippen LogP contribution is 2.38. The van der Waals surface area contributed by atoms with Crippen LogP contribution in [0.1, 0.15) is 110 Å². The average molecular weight is 588 g/mol. The van der Waals surface area contributed by atoms with Crippen LogP contribution in [0.25, 0.3) is 11.6 Å². The van der Waals surface area contributed by atoms with Crippen LogP contribution in [0.15, 0.2) is 55.2 Å². The molecule has 4 rings (SSSR count). The molecule has 0 N–H and O–H groups in total. The monoisotopic (exact) mass is 588 g/mol. The van der Waals surface area contributed by atoms with Gasteiger partial charge in [-0.05, 0) is 82.2 Å². The van der Waals surface area contributed by atoms with E-state index in [-0.39, 0.29) is 0 Å². The minimum Gasteiger partial charge on any atom is -0.369 e. The van der Waals surface area contributed by atoms with Crippen molar-refractivity contribution in [2.45, 2.75) is 105 Å². The van der Waals surface area contributed by atoms with Gasteiger partial charge in [-0.15, -0.1) is 12.8 Å². The molecule has 1 saturated heterocycles. The molecular formula is C40H65N3. The molecular weight excluding hydrogens is 522 g/mol. The van der Waals surface area contributed by atoms with E-state index in [0.717, 1.165) is 32.6 Å². The second-order valence-electron chi connectivity index (χ2n) is 11.6. The van der Waals surface area contributed by atoms with Gasteiger partial charge in [0.25, 0.3) is 0 Å².